The number of para-hydroxylation sites is 1. The lowest BCUT2D eigenvalue weighted by Crippen LogP contribution is -2.27. The number of hydrogen-bond donors (Lipinski definition) is 1. The molecule has 2 N–H and O–H groups in total. The minimum Gasteiger partial charge on any atom is -0.468 e. The van der Waals surface area contributed by atoms with Crippen molar-refractivity contribution in [2.45, 2.75) is 6.10 Å². The normalized spacial score (nSPS) is 17.9. The number of carbonyl (C=O) groups is 1. The van der Waals surface area contributed by atoms with E-state index in [9.17, 15) is 4.79 Å². The zero-order valence-electron chi connectivity index (χ0n) is 17.7. The molecule has 7 nitrogen and oxygen atoms in total. The average molecular weight is 435 g/mol. The van der Waals surface area contributed by atoms with Crippen LogP contribution in [0.25, 0.3) is 27.8 Å². The second kappa shape index (κ2) is 8.92. The van der Waals surface area contributed by atoms with Gasteiger partial charge >= 0.3 is 0 Å². The Morgan fingerprint density at radius 1 is 1.03 bits per heavy atom. The van der Waals surface area contributed by atoms with Crippen LogP contribution < -0.4 is 10.5 Å². The predicted molar refractivity (Wildman–Crippen MR) is 132 cm³/mol. The number of rotatable bonds is 1. The number of allylic oxidation sites excluding steroid dienone is 3. The fourth-order valence-corrected chi connectivity index (χ4v) is 3.90. The molecule has 1 atom stereocenters. The van der Waals surface area contributed by atoms with Crippen molar-refractivity contribution in [3.05, 3.63) is 90.4 Å². The third-order valence-electron chi connectivity index (χ3n) is 5.38. The fraction of sp³-hybridized carbons (Fsp3) is 0.0769. The van der Waals surface area contributed by atoms with Gasteiger partial charge in [-0.1, -0.05) is 48.6 Å². The highest BCUT2D eigenvalue weighted by atomic mass is 16.5. The van der Waals surface area contributed by atoms with E-state index in [0.29, 0.717) is 18.1 Å². The summed E-state index contributed by atoms with van der Waals surface area (Å²) in [6.45, 7) is 0.409. The molecule has 0 fully saturated rings. The zero-order chi connectivity index (χ0) is 22.6. The number of primary amides is 1. The van der Waals surface area contributed by atoms with E-state index in [-0.39, 0.29) is 0 Å². The molecule has 5 rings (SSSR count). The first kappa shape index (κ1) is 20.4. The van der Waals surface area contributed by atoms with Gasteiger partial charge in [-0.2, -0.15) is 0 Å². The molecule has 0 radical (unpaired) electrons. The number of hydrogen-bond acceptors (Lipinski definition) is 6. The first-order chi connectivity index (χ1) is 16.2. The average Bonchev–Trinajstić information content (AvgIpc) is 3.22. The maximum Gasteiger partial charge on any atom is 0.265 e. The zero-order valence-corrected chi connectivity index (χ0v) is 17.7. The van der Waals surface area contributed by atoms with Gasteiger partial charge in [0.2, 0.25) is 5.88 Å². The predicted octanol–water partition coefficient (Wildman–Crippen LogP) is 3.97. The molecular formula is C26H21N5O2. The Bertz CT molecular complexity index is 1410. The van der Waals surface area contributed by atoms with Crippen LogP contribution in [0.4, 0.5) is 0 Å². The van der Waals surface area contributed by atoms with Gasteiger partial charge in [-0.3, -0.25) is 4.79 Å². The monoisotopic (exact) mass is 435 g/mol. The molecule has 2 aromatic carbocycles. The lowest BCUT2D eigenvalue weighted by molar-refractivity contribution is -0.115. The Hall–Kier alpha value is -4.52. The molecule has 1 amide bonds. The van der Waals surface area contributed by atoms with E-state index >= 15 is 0 Å². The Labute approximate surface area is 190 Å². The van der Waals surface area contributed by atoms with Crippen LogP contribution in [0.2, 0.25) is 0 Å². The highest BCUT2D eigenvalue weighted by Gasteiger charge is 2.27. The van der Waals surface area contributed by atoms with Crippen molar-refractivity contribution < 1.29 is 9.53 Å². The van der Waals surface area contributed by atoms with Crippen LogP contribution in [-0.2, 0) is 4.79 Å². The number of amides is 1. The molecule has 0 aliphatic carbocycles. The van der Waals surface area contributed by atoms with Crippen LogP contribution in [0, 0.1) is 0 Å². The second-order valence-electron chi connectivity index (χ2n) is 7.57. The van der Waals surface area contributed by atoms with Crippen molar-refractivity contribution in [3.63, 3.8) is 0 Å². The van der Waals surface area contributed by atoms with Gasteiger partial charge in [-0.05, 0) is 35.2 Å². The molecule has 1 unspecified atom stereocenters. The van der Waals surface area contributed by atoms with Gasteiger partial charge < -0.3 is 15.4 Å². The molecule has 0 saturated carbocycles. The summed E-state index contributed by atoms with van der Waals surface area (Å²) in [6, 6.07) is 14.2. The molecule has 33 heavy (non-hydrogen) atoms. The van der Waals surface area contributed by atoms with E-state index in [4.69, 9.17) is 15.5 Å². The first-order valence-corrected chi connectivity index (χ1v) is 10.5. The van der Waals surface area contributed by atoms with Crippen LogP contribution >= 0.6 is 0 Å². The van der Waals surface area contributed by atoms with Gasteiger partial charge in [0, 0.05) is 29.4 Å². The van der Waals surface area contributed by atoms with E-state index in [0.717, 1.165) is 27.2 Å². The molecule has 1 aromatic heterocycles. The van der Waals surface area contributed by atoms with Crippen LogP contribution in [0.5, 0.6) is 5.88 Å². The maximum absolute atomic E-state index is 12.0. The molecule has 3 aromatic rings. The number of aliphatic imine (C=N–C) groups is 2. The van der Waals surface area contributed by atoms with Gasteiger partial charge in [0.15, 0.2) is 0 Å². The molecule has 3 heterocycles. The molecule has 7 heteroatoms. The van der Waals surface area contributed by atoms with Crippen LogP contribution in [0.15, 0.2) is 94.9 Å². The lowest BCUT2D eigenvalue weighted by Gasteiger charge is -2.18. The molecule has 2 aliphatic rings. The van der Waals surface area contributed by atoms with Crippen LogP contribution in [-0.4, -0.2) is 41.0 Å². The quantitative estimate of drug-likeness (QED) is 0.585. The SMILES string of the molecule is NC(=O)C1=CC2CN1C=CN=CN=CC=CC=Cc1ccc3c(c1)c(nc1ccccc13)O2. The number of benzene rings is 2. The summed E-state index contributed by atoms with van der Waals surface area (Å²) >= 11 is 0. The van der Waals surface area contributed by atoms with Crippen molar-refractivity contribution in [2.24, 2.45) is 15.7 Å². The standard InChI is InChI=1S/C26H21N5O2/c27-25(32)24-15-19-16-31(24)13-12-29-17-28-11-5-1-2-6-18-9-10-20-21-7-3-4-8-23(21)30-26(33-19)22(20)14-18/h1-15,17,19H,16H2,(H2,27,32). The van der Waals surface area contributed by atoms with Gasteiger partial charge in [0.05, 0.1) is 12.1 Å². The summed E-state index contributed by atoms with van der Waals surface area (Å²) in [5.74, 6) is -0.0239. The van der Waals surface area contributed by atoms with Crippen molar-refractivity contribution >= 4 is 46.2 Å². The van der Waals surface area contributed by atoms with Crippen LogP contribution in [0.1, 0.15) is 5.56 Å². The van der Waals surface area contributed by atoms with Gasteiger partial charge in [0.1, 0.15) is 18.1 Å². The van der Waals surface area contributed by atoms with Crippen molar-refractivity contribution in [2.75, 3.05) is 6.54 Å². The van der Waals surface area contributed by atoms with Gasteiger partial charge in [0.25, 0.3) is 5.91 Å². The van der Waals surface area contributed by atoms with E-state index in [1.54, 1.807) is 29.6 Å². The number of carbonyl (C=O) groups excluding carboxylic acids is 1. The Kier molecular flexibility index (Phi) is 5.51. The highest BCUT2D eigenvalue weighted by Crippen LogP contribution is 2.33. The minimum atomic E-state index is -0.535. The number of nitrogens with zero attached hydrogens (tertiary/aromatic N) is 4. The number of nitrogens with two attached hydrogens (primary N) is 1. The van der Waals surface area contributed by atoms with Gasteiger partial charge in [-0.25, -0.2) is 15.0 Å². The smallest absolute Gasteiger partial charge is 0.265 e. The summed E-state index contributed by atoms with van der Waals surface area (Å²) in [5, 5.41) is 3.00. The molecular weight excluding hydrogens is 414 g/mol. The highest BCUT2D eigenvalue weighted by molar-refractivity contribution is 6.08. The Morgan fingerprint density at radius 3 is 2.85 bits per heavy atom. The maximum atomic E-state index is 12.0. The van der Waals surface area contributed by atoms with E-state index in [1.807, 2.05) is 42.5 Å². The summed E-state index contributed by atoms with van der Waals surface area (Å²) in [4.78, 5) is 26.7. The number of aromatic nitrogens is 1. The Balaban J connectivity index is 1.66. The summed E-state index contributed by atoms with van der Waals surface area (Å²) in [7, 11) is 0. The third-order valence-corrected chi connectivity index (χ3v) is 5.38. The molecule has 0 saturated heterocycles. The van der Waals surface area contributed by atoms with Crippen molar-refractivity contribution in [1.29, 1.82) is 0 Å². The summed E-state index contributed by atoms with van der Waals surface area (Å²) in [5.41, 5.74) is 7.80. The summed E-state index contributed by atoms with van der Waals surface area (Å²) < 4.78 is 6.33. The van der Waals surface area contributed by atoms with E-state index in [2.05, 4.69) is 34.3 Å². The first-order valence-electron chi connectivity index (χ1n) is 10.5. The number of ether oxygens (including phenoxy) is 1. The van der Waals surface area contributed by atoms with Gasteiger partial charge in [-0.15, -0.1) is 0 Å². The largest absolute Gasteiger partial charge is 0.468 e. The second-order valence-corrected chi connectivity index (χ2v) is 7.57. The third kappa shape index (κ3) is 4.29. The van der Waals surface area contributed by atoms with E-state index < -0.39 is 12.0 Å². The number of pyridine rings is 1. The van der Waals surface area contributed by atoms with Crippen molar-refractivity contribution in [3.8, 4) is 5.88 Å². The van der Waals surface area contributed by atoms with Crippen LogP contribution in [0.3, 0.4) is 0 Å². The Morgan fingerprint density at radius 2 is 1.94 bits per heavy atom. The minimum absolute atomic E-state index is 0.351. The summed E-state index contributed by atoms with van der Waals surface area (Å²) in [6.07, 6.45) is 15.3. The lowest BCUT2D eigenvalue weighted by atomic mass is 10.0. The van der Waals surface area contributed by atoms with Crippen molar-refractivity contribution in [1.82, 2.24) is 9.88 Å². The fourth-order valence-electron chi connectivity index (χ4n) is 3.90. The molecule has 2 aliphatic heterocycles. The number of fused-ring (bicyclic) bond motifs is 5. The van der Waals surface area contributed by atoms with E-state index in [1.165, 1.54) is 6.34 Å². The topological polar surface area (TPSA) is 93.2 Å². The molecule has 162 valence electrons. The molecule has 4 bridgehead atoms. The molecule has 0 spiro atoms.